The number of rotatable bonds is 9. The van der Waals surface area contributed by atoms with E-state index >= 15 is 0 Å². The van der Waals surface area contributed by atoms with E-state index in [0.29, 0.717) is 12.1 Å². The highest BCUT2D eigenvalue weighted by Gasteiger charge is 2.14. The topological polar surface area (TPSA) is 105 Å². The monoisotopic (exact) mass is 463 g/mol. The number of aromatic nitrogens is 5. The minimum atomic E-state index is 0.559. The molecule has 5 rings (SSSR count). The van der Waals surface area contributed by atoms with Crippen LogP contribution >= 0.6 is 0 Å². The van der Waals surface area contributed by atoms with Gasteiger partial charge in [0.2, 0.25) is 0 Å². The third-order valence-electron chi connectivity index (χ3n) is 6.10. The van der Waals surface area contributed by atoms with Gasteiger partial charge in [-0.05, 0) is 42.5 Å². The van der Waals surface area contributed by atoms with Crippen LogP contribution in [0.3, 0.4) is 0 Å². The minimum absolute atomic E-state index is 0.559. The smallest absolute Gasteiger partial charge is 0.111 e. The molecule has 0 radical (unpaired) electrons. The molecular weight excluding hydrogens is 434 g/mol. The summed E-state index contributed by atoms with van der Waals surface area (Å²) in [6, 6.07) is 4.05. The van der Waals surface area contributed by atoms with Gasteiger partial charge in [0.1, 0.15) is 5.82 Å². The zero-order valence-electron chi connectivity index (χ0n) is 19.9. The summed E-state index contributed by atoms with van der Waals surface area (Å²) in [5.41, 5.74) is 15.5. The Balaban J connectivity index is 1.40. The van der Waals surface area contributed by atoms with Gasteiger partial charge in [-0.25, -0.2) is 4.98 Å². The van der Waals surface area contributed by atoms with Gasteiger partial charge in [-0.2, -0.15) is 0 Å². The summed E-state index contributed by atoms with van der Waals surface area (Å²) in [6.07, 6.45) is 20.1. The lowest BCUT2D eigenvalue weighted by Gasteiger charge is -2.11. The highest BCUT2D eigenvalue weighted by molar-refractivity contribution is 5.92. The van der Waals surface area contributed by atoms with E-state index in [1.807, 2.05) is 30.7 Å². The van der Waals surface area contributed by atoms with Crippen molar-refractivity contribution in [2.45, 2.75) is 39.0 Å². The van der Waals surface area contributed by atoms with Crippen LogP contribution in [-0.2, 0) is 6.42 Å². The summed E-state index contributed by atoms with van der Waals surface area (Å²) in [5, 5.41) is 3.36. The van der Waals surface area contributed by atoms with Crippen LogP contribution in [0.2, 0.25) is 0 Å². The summed E-state index contributed by atoms with van der Waals surface area (Å²) in [7, 11) is 0. The van der Waals surface area contributed by atoms with Crippen molar-refractivity contribution in [1.82, 2.24) is 24.9 Å². The lowest BCUT2D eigenvalue weighted by Crippen LogP contribution is -2.01. The van der Waals surface area contributed by atoms with E-state index in [9.17, 15) is 0 Å². The summed E-state index contributed by atoms with van der Waals surface area (Å²) in [4.78, 5) is 21.6. The Kier molecular flexibility index (Phi) is 6.39. The van der Waals surface area contributed by atoms with Crippen LogP contribution in [0, 0.1) is 0 Å². The van der Waals surface area contributed by atoms with E-state index in [1.54, 1.807) is 12.4 Å². The first-order chi connectivity index (χ1) is 17.1. The molecule has 35 heavy (non-hydrogen) atoms. The predicted octanol–water partition coefficient (Wildman–Crippen LogP) is 6.05. The number of hydrogen-bond acceptors (Lipinski definition) is 6. The molecule has 0 aromatic carbocycles. The van der Waals surface area contributed by atoms with Crippen LogP contribution in [0.25, 0.3) is 27.9 Å². The number of nitrogen functional groups attached to an aromatic ring is 1. The molecule has 0 spiro atoms. The molecule has 0 amide bonds. The zero-order valence-corrected chi connectivity index (χ0v) is 19.9. The highest BCUT2D eigenvalue weighted by Crippen LogP contribution is 2.29. The molecule has 0 bridgehead atoms. The zero-order chi connectivity index (χ0) is 24.2. The maximum atomic E-state index is 6.31. The van der Waals surface area contributed by atoms with E-state index in [4.69, 9.17) is 10.7 Å². The van der Waals surface area contributed by atoms with Crippen molar-refractivity contribution < 1.29 is 0 Å². The third-order valence-corrected chi connectivity index (χ3v) is 6.10. The molecule has 4 heterocycles. The number of allylic oxidation sites excluding steroid dienone is 5. The fraction of sp³-hybridized carbons (Fsp3) is 0.214. The van der Waals surface area contributed by atoms with Crippen LogP contribution in [0.15, 0.2) is 73.6 Å². The molecule has 4 aromatic rings. The first-order valence-corrected chi connectivity index (χ1v) is 11.9. The molecule has 0 aliphatic heterocycles. The van der Waals surface area contributed by atoms with Crippen molar-refractivity contribution in [1.29, 1.82) is 0 Å². The number of nitrogens with one attached hydrogen (secondary N) is 2. The van der Waals surface area contributed by atoms with E-state index in [-0.39, 0.29) is 0 Å². The lowest BCUT2D eigenvalue weighted by molar-refractivity contribution is 0.791. The summed E-state index contributed by atoms with van der Waals surface area (Å²) in [6.45, 7) is 6.29. The minimum Gasteiger partial charge on any atom is -0.397 e. The Labute approximate surface area is 205 Å². The first kappa shape index (κ1) is 22.5. The molecule has 7 nitrogen and oxygen atoms in total. The normalized spacial score (nSPS) is 12.8. The Hall–Kier alpha value is -4.26. The van der Waals surface area contributed by atoms with Crippen molar-refractivity contribution >= 4 is 28.0 Å². The molecular formula is C28H29N7. The van der Waals surface area contributed by atoms with Crippen LogP contribution in [0.5, 0.6) is 0 Å². The SMILES string of the molecule is C=C(CCCC)Nc1cncc(-c2cc(Cc3nc4c(C5=CCC=C5)cncc4[nH]3)c(N)cn2)c1. The summed E-state index contributed by atoms with van der Waals surface area (Å²) >= 11 is 0. The molecule has 0 unspecified atom stereocenters. The predicted molar refractivity (Wildman–Crippen MR) is 143 cm³/mol. The standard InChI is InChI=1S/C28H29N7/c1-3-4-7-18(2)33-22-10-21(13-30-14-22)25-11-20(24(29)16-32-25)12-27-34-26-17-31-15-23(28(26)35-27)19-8-5-6-9-19/h5,8-11,13-17,33H,2-4,6-7,12,29H2,1H3,(H,34,35). The van der Waals surface area contributed by atoms with Crippen molar-refractivity contribution in [3.05, 3.63) is 90.6 Å². The Morgan fingerprint density at radius 2 is 2.03 bits per heavy atom. The van der Waals surface area contributed by atoms with E-state index in [1.165, 1.54) is 0 Å². The summed E-state index contributed by atoms with van der Waals surface area (Å²) in [5.74, 6) is 0.835. The highest BCUT2D eigenvalue weighted by atomic mass is 14.9. The molecule has 0 saturated carbocycles. The number of imidazole rings is 1. The molecule has 1 aliphatic rings. The van der Waals surface area contributed by atoms with Gasteiger partial charge in [-0.3, -0.25) is 15.0 Å². The Bertz CT molecular complexity index is 1440. The second-order valence-corrected chi connectivity index (χ2v) is 8.80. The van der Waals surface area contributed by atoms with Crippen molar-refractivity contribution in [3.63, 3.8) is 0 Å². The molecule has 0 saturated heterocycles. The average Bonchev–Trinajstić information content (AvgIpc) is 3.54. The second-order valence-electron chi connectivity index (χ2n) is 8.80. The van der Waals surface area contributed by atoms with Gasteiger partial charge in [0.25, 0.3) is 0 Å². The number of hydrogen-bond donors (Lipinski definition) is 3. The number of nitrogens with two attached hydrogens (primary N) is 1. The van der Waals surface area contributed by atoms with Gasteiger partial charge in [0, 0.05) is 35.6 Å². The number of fused-ring (bicyclic) bond motifs is 1. The van der Waals surface area contributed by atoms with Gasteiger partial charge >= 0.3 is 0 Å². The van der Waals surface area contributed by atoms with E-state index < -0.39 is 0 Å². The van der Waals surface area contributed by atoms with Crippen molar-refractivity contribution in [2.24, 2.45) is 0 Å². The van der Waals surface area contributed by atoms with Crippen LogP contribution in [0.1, 0.15) is 49.6 Å². The molecule has 4 N–H and O–H groups in total. The summed E-state index contributed by atoms with van der Waals surface area (Å²) < 4.78 is 0. The van der Waals surface area contributed by atoms with E-state index in [0.717, 1.165) is 81.9 Å². The number of aromatic amines is 1. The fourth-order valence-electron chi connectivity index (χ4n) is 4.24. The Morgan fingerprint density at radius 1 is 1.14 bits per heavy atom. The van der Waals surface area contributed by atoms with Gasteiger partial charge in [0.15, 0.2) is 0 Å². The molecule has 0 atom stereocenters. The lowest BCUT2D eigenvalue weighted by atomic mass is 10.1. The number of nitrogens with zero attached hydrogens (tertiary/aromatic N) is 4. The van der Waals surface area contributed by atoms with Gasteiger partial charge in [-0.1, -0.05) is 38.2 Å². The molecule has 1 aliphatic carbocycles. The van der Waals surface area contributed by atoms with Gasteiger partial charge < -0.3 is 16.0 Å². The molecule has 0 fully saturated rings. The van der Waals surface area contributed by atoms with Gasteiger partial charge in [-0.15, -0.1) is 0 Å². The third kappa shape index (κ3) is 4.99. The fourth-order valence-corrected chi connectivity index (χ4v) is 4.24. The maximum absolute atomic E-state index is 6.31. The maximum Gasteiger partial charge on any atom is 0.111 e. The second kappa shape index (κ2) is 9.93. The molecule has 7 heteroatoms. The number of pyridine rings is 3. The number of H-pyrrole nitrogens is 1. The number of anilines is 2. The van der Waals surface area contributed by atoms with Crippen molar-refractivity contribution in [2.75, 3.05) is 11.1 Å². The van der Waals surface area contributed by atoms with Crippen molar-refractivity contribution in [3.8, 4) is 11.3 Å². The quantitative estimate of drug-likeness (QED) is 0.279. The average molecular weight is 464 g/mol. The van der Waals surface area contributed by atoms with Gasteiger partial charge in [0.05, 0.1) is 46.7 Å². The van der Waals surface area contributed by atoms with Crippen LogP contribution in [-0.4, -0.2) is 24.9 Å². The van der Waals surface area contributed by atoms with Crippen LogP contribution in [0.4, 0.5) is 11.4 Å². The Morgan fingerprint density at radius 3 is 2.86 bits per heavy atom. The van der Waals surface area contributed by atoms with E-state index in [2.05, 4.69) is 57.0 Å². The first-order valence-electron chi connectivity index (χ1n) is 11.9. The number of unbranched alkanes of at least 4 members (excludes halogenated alkanes) is 1. The van der Waals surface area contributed by atoms with Crippen LogP contribution < -0.4 is 11.1 Å². The molecule has 4 aromatic heterocycles. The molecule has 176 valence electrons. The largest absolute Gasteiger partial charge is 0.397 e.